The quantitative estimate of drug-likeness (QED) is 0.740. The van der Waals surface area contributed by atoms with Gasteiger partial charge in [-0.3, -0.25) is 9.52 Å². The summed E-state index contributed by atoms with van der Waals surface area (Å²) in [6.07, 6.45) is 0.926. The van der Waals surface area contributed by atoms with Crippen molar-refractivity contribution in [1.29, 1.82) is 0 Å². The first-order valence-electron chi connectivity index (χ1n) is 10.9. The molecule has 32 heavy (non-hydrogen) atoms. The van der Waals surface area contributed by atoms with Crippen LogP contribution in [0.5, 0.6) is 11.5 Å². The molecule has 172 valence electrons. The maximum Gasteiger partial charge on any atom is 0.262 e. The van der Waals surface area contributed by atoms with Gasteiger partial charge in [-0.2, -0.15) is 0 Å². The van der Waals surface area contributed by atoms with E-state index in [1.165, 1.54) is 12.1 Å². The van der Waals surface area contributed by atoms with Crippen LogP contribution in [0.1, 0.15) is 29.3 Å². The molecule has 0 unspecified atom stereocenters. The van der Waals surface area contributed by atoms with Crippen molar-refractivity contribution in [1.82, 2.24) is 9.80 Å². The number of hydrogen-bond acceptors (Lipinski definition) is 6. The van der Waals surface area contributed by atoms with E-state index in [0.29, 0.717) is 49.1 Å². The number of rotatable bonds is 5. The van der Waals surface area contributed by atoms with Gasteiger partial charge in [-0.15, -0.1) is 0 Å². The number of ether oxygens (including phenoxy) is 2. The predicted octanol–water partition coefficient (Wildman–Crippen LogP) is 2.73. The van der Waals surface area contributed by atoms with E-state index in [0.717, 1.165) is 31.6 Å². The molecule has 1 amide bonds. The summed E-state index contributed by atoms with van der Waals surface area (Å²) in [7, 11) is -3.87. The summed E-state index contributed by atoms with van der Waals surface area (Å²) in [4.78, 5) is 17.4. The molecule has 2 aliphatic rings. The molecule has 2 aromatic carbocycles. The predicted molar refractivity (Wildman–Crippen MR) is 122 cm³/mol. The van der Waals surface area contributed by atoms with E-state index in [-0.39, 0.29) is 10.8 Å². The molecule has 1 N–H and O–H groups in total. The first-order valence-corrected chi connectivity index (χ1v) is 12.4. The van der Waals surface area contributed by atoms with Crippen molar-refractivity contribution < 1.29 is 22.7 Å². The maximum absolute atomic E-state index is 13.1. The van der Waals surface area contributed by atoms with Crippen molar-refractivity contribution in [2.45, 2.75) is 25.2 Å². The third-order valence-electron chi connectivity index (χ3n) is 5.88. The Morgan fingerprint density at radius 3 is 2.56 bits per heavy atom. The van der Waals surface area contributed by atoms with Crippen molar-refractivity contribution in [2.24, 2.45) is 0 Å². The summed E-state index contributed by atoms with van der Waals surface area (Å²) in [6, 6.07) is 9.67. The number of fused-ring (bicyclic) bond motifs is 1. The van der Waals surface area contributed by atoms with Gasteiger partial charge >= 0.3 is 0 Å². The number of carbonyl (C=O) groups is 1. The molecule has 0 radical (unpaired) electrons. The second kappa shape index (κ2) is 9.38. The Morgan fingerprint density at radius 2 is 1.78 bits per heavy atom. The van der Waals surface area contributed by atoms with Crippen molar-refractivity contribution >= 4 is 21.6 Å². The number of likely N-dealkylation sites (N-methyl/N-ethyl adjacent to an activating group) is 1. The van der Waals surface area contributed by atoms with Crippen LogP contribution >= 0.6 is 0 Å². The Kier molecular flexibility index (Phi) is 6.57. The van der Waals surface area contributed by atoms with Crippen LogP contribution in [-0.2, 0) is 10.0 Å². The molecule has 4 rings (SSSR count). The number of hydrogen-bond donors (Lipinski definition) is 1. The van der Waals surface area contributed by atoms with Crippen molar-refractivity contribution in [3.63, 3.8) is 0 Å². The van der Waals surface area contributed by atoms with Crippen LogP contribution in [0.4, 0.5) is 5.69 Å². The van der Waals surface area contributed by atoms with E-state index < -0.39 is 10.0 Å². The summed E-state index contributed by atoms with van der Waals surface area (Å²) >= 11 is 0. The molecule has 0 aliphatic carbocycles. The zero-order valence-electron chi connectivity index (χ0n) is 18.5. The minimum atomic E-state index is -3.87. The number of nitrogens with one attached hydrogen (secondary N) is 1. The summed E-state index contributed by atoms with van der Waals surface area (Å²) < 4.78 is 39.7. The summed E-state index contributed by atoms with van der Waals surface area (Å²) in [6.45, 7) is 8.90. The molecule has 1 fully saturated rings. The summed E-state index contributed by atoms with van der Waals surface area (Å²) in [5, 5.41) is 0. The van der Waals surface area contributed by atoms with Gasteiger partial charge < -0.3 is 19.3 Å². The lowest BCUT2D eigenvalue weighted by atomic mass is 10.1. The minimum Gasteiger partial charge on any atom is -0.486 e. The molecule has 8 nitrogen and oxygen atoms in total. The monoisotopic (exact) mass is 459 g/mol. The third-order valence-corrected chi connectivity index (χ3v) is 7.24. The molecule has 0 aromatic heterocycles. The van der Waals surface area contributed by atoms with Crippen LogP contribution < -0.4 is 14.2 Å². The van der Waals surface area contributed by atoms with Gasteiger partial charge in [0.2, 0.25) is 0 Å². The molecule has 0 bridgehead atoms. The first kappa shape index (κ1) is 22.4. The van der Waals surface area contributed by atoms with E-state index in [1.807, 2.05) is 4.90 Å². The average Bonchev–Trinajstić information content (AvgIpc) is 3.05. The molecule has 2 aromatic rings. The van der Waals surface area contributed by atoms with Crippen LogP contribution in [0.25, 0.3) is 0 Å². The number of aryl methyl sites for hydroxylation is 1. The maximum atomic E-state index is 13.1. The third kappa shape index (κ3) is 4.83. The van der Waals surface area contributed by atoms with Crippen LogP contribution in [0, 0.1) is 6.92 Å². The topological polar surface area (TPSA) is 88.2 Å². The van der Waals surface area contributed by atoms with Gasteiger partial charge in [-0.1, -0.05) is 13.0 Å². The van der Waals surface area contributed by atoms with Gasteiger partial charge in [0.1, 0.15) is 13.2 Å². The molecule has 9 heteroatoms. The highest BCUT2D eigenvalue weighted by molar-refractivity contribution is 7.92. The van der Waals surface area contributed by atoms with Crippen LogP contribution in [0.2, 0.25) is 0 Å². The summed E-state index contributed by atoms with van der Waals surface area (Å²) in [5.74, 6) is 0.850. The normalized spacial score (nSPS) is 17.0. The lowest BCUT2D eigenvalue weighted by Crippen LogP contribution is -2.35. The average molecular weight is 460 g/mol. The smallest absolute Gasteiger partial charge is 0.262 e. The SMILES string of the molecule is CCN1CCCN(C(=O)c2ccc(C)c(NS(=O)(=O)c3ccc4c(c3)OCCO4)c2)CC1. The van der Waals surface area contributed by atoms with Gasteiger partial charge in [0.25, 0.3) is 15.9 Å². The number of anilines is 1. The number of sulfonamides is 1. The van der Waals surface area contributed by atoms with Crippen molar-refractivity contribution in [3.05, 3.63) is 47.5 Å². The van der Waals surface area contributed by atoms with Gasteiger partial charge in [0, 0.05) is 31.3 Å². The largest absolute Gasteiger partial charge is 0.486 e. The zero-order chi connectivity index (χ0) is 22.7. The molecule has 0 spiro atoms. The van der Waals surface area contributed by atoms with E-state index in [1.54, 1.807) is 31.2 Å². The first-order chi connectivity index (χ1) is 15.4. The van der Waals surface area contributed by atoms with Gasteiger partial charge in [0.15, 0.2) is 11.5 Å². The second-order valence-electron chi connectivity index (χ2n) is 8.02. The highest BCUT2D eigenvalue weighted by Crippen LogP contribution is 2.33. The highest BCUT2D eigenvalue weighted by Gasteiger charge is 2.23. The lowest BCUT2D eigenvalue weighted by molar-refractivity contribution is 0.0762. The van der Waals surface area contributed by atoms with Gasteiger partial charge in [-0.25, -0.2) is 8.42 Å². The van der Waals surface area contributed by atoms with E-state index in [4.69, 9.17) is 9.47 Å². The zero-order valence-corrected chi connectivity index (χ0v) is 19.3. The van der Waals surface area contributed by atoms with Crippen LogP contribution in [-0.4, -0.2) is 70.1 Å². The standard InChI is InChI=1S/C23H29N3O5S/c1-3-25-9-4-10-26(12-11-25)23(27)18-6-5-17(2)20(15-18)24-32(28,29)19-7-8-21-22(16-19)31-14-13-30-21/h5-8,15-16,24H,3-4,9-14H2,1-2H3. The van der Waals surface area contributed by atoms with Crippen molar-refractivity contribution in [3.8, 4) is 11.5 Å². The van der Waals surface area contributed by atoms with Crippen LogP contribution in [0.3, 0.4) is 0 Å². The fourth-order valence-corrected chi connectivity index (χ4v) is 5.07. The molecule has 0 saturated carbocycles. The Bertz CT molecular complexity index is 1100. The van der Waals surface area contributed by atoms with Gasteiger partial charge in [-0.05, 0) is 56.3 Å². The van der Waals surface area contributed by atoms with Gasteiger partial charge in [0.05, 0.1) is 10.6 Å². The van der Waals surface area contributed by atoms with Crippen molar-refractivity contribution in [2.75, 3.05) is 50.7 Å². The molecule has 2 heterocycles. The molecular weight excluding hydrogens is 430 g/mol. The Labute approximate surface area is 189 Å². The van der Waals surface area contributed by atoms with E-state index in [2.05, 4.69) is 16.5 Å². The molecular formula is C23H29N3O5S. The number of carbonyl (C=O) groups excluding carboxylic acids is 1. The Hall–Kier alpha value is -2.78. The second-order valence-corrected chi connectivity index (χ2v) is 9.70. The Balaban J connectivity index is 1.54. The number of nitrogens with zero attached hydrogens (tertiary/aromatic N) is 2. The van der Waals surface area contributed by atoms with E-state index in [9.17, 15) is 13.2 Å². The highest BCUT2D eigenvalue weighted by atomic mass is 32.2. The fraction of sp³-hybridized carbons (Fsp3) is 0.435. The minimum absolute atomic E-state index is 0.0741. The van der Waals surface area contributed by atoms with E-state index >= 15 is 0 Å². The number of amides is 1. The molecule has 0 atom stereocenters. The molecule has 1 saturated heterocycles. The Morgan fingerprint density at radius 1 is 1.00 bits per heavy atom. The fourth-order valence-electron chi connectivity index (χ4n) is 3.93. The summed E-state index contributed by atoms with van der Waals surface area (Å²) in [5.41, 5.74) is 1.59. The lowest BCUT2D eigenvalue weighted by Gasteiger charge is -2.22. The molecule has 2 aliphatic heterocycles. The van der Waals surface area contributed by atoms with Crippen LogP contribution in [0.15, 0.2) is 41.3 Å². The number of benzene rings is 2.